The van der Waals surface area contributed by atoms with Crippen molar-refractivity contribution >= 4 is 23.6 Å². The molecule has 3 fully saturated rings. The summed E-state index contributed by atoms with van der Waals surface area (Å²) in [6.45, 7) is 14.0. The van der Waals surface area contributed by atoms with E-state index in [0.717, 1.165) is 0 Å². The topological polar surface area (TPSA) is 165 Å². The van der Waals surface area contributed by atoms with Crippen LogP contribution in [0, 0.1) is 35.5 Å². The van der Waals surface area contributed by atoms with Gasteiger partial charge in [0.05, 0.1) is 23.5 Å². The van der Waals surface area contributed by atoms with Crippen LogP contribution in [0.3, 0.4) is 0 Å². The standard InChI is InChI=1S/C39H57N3O11/c1-12-29-39(8)34(52-37(46)53-39)24(4)30(41-48-19-15-17-27-16-13-14-18-40-27)22(2)21-38(7,47-11)33(25(5)31(43)26(6)35(45)50-29)51-36-32(44)28(42(9)10)20-23(3)49-36/h13-14,16,18,22-26,28-29,32-34,36,44H,12,19-21H2,1-11H3/b41-30+/t22-,23-,24+,25+,26-,28+,29-,32-,33-,34-,36+,38-,39-/m1/s1. The van der Waals surface area contributed by atoms with E-state index in [9.17, 15) is 19.5 Å². The molecule has 1 aromatic heterocycles. The maximum atomic E-state index is 14.2. The van der Waals surface area contributed by atoms with Crippen LogP contribution in [0.25, 0.3) is 0 Å². The van der Waals surface area contributed by atoms with Gasteiger partial charge in [-0.1, -0.05) is 44.8 Å². The van der Waals surface area contributed by atoms with Gasteiger partial charge >= 0.3 is 12.1 Å². The van der Waals surface area contributed by atoms with Crippen LogP contribution >= 0.6 is 0 Å². The molecule has 3 aliphatic heterocycles. The fourth-order valence-corrected chi connectivity index (χ4v) is 7.93. The number of oxime groups is 1. The van der Waals surface area contributed by atoms with Crippen LogP contribution < -0.4 is 0 Å². The number of Topliss-reactive ketones (excluding diaryl/α,β-unsaturated/α-hetero) is 1. The van der Waals surface area contributed by atoms with Crippen molar-refractivity contribution in [1.29, 1.82) is 0 Å². The number of hydrogen-bond donors (Lipinski definition) is 1. The molecule has 53 heavy (non-hydrogen) atoms. The monoisotopic (exact) mass is 743 g/mol. The summed E-state index contributed by atoms with van der Waals surface area (Å²) in [5.41, 5.74) is -1.59. The number of esters is 1. The number of rotatable bonds is 7. The predicted molar refractivity (Wildman–Crippen MR) is 193 cm³/mol. The van der Waals surface area contributed by atoms with Crippen molar-refractivity contribution in [2.24, 2.45) is 28.8 Å². The molecule has 1 aromatic rings. The second-order valence-corrected chi connectivity index (χ2v) is 15.2. The molecule has 3 aliphatic rings. The first kappa shape index (κ1) is 42.1. The zero-order chi connectivity index (χ0) is 39.2. The summed E-state index contributed by atoms with van der Waals surface area (Å²) < 4.78 is 36.6. The molecule has 1 N–H and O–H groups in total. The van der Waals surface area contributed by atoms with Gasteiger partial charge in [-0.05, 0) is 79.1 Å². The van der Waals surface area contributed by atoms with Crippen LogP contribution in [0.4, 0.5) is 4.79 Å². The van der Waals surface area contributed by atoms with Crippen molar-refractivity contribution in [3.63, 3.8) is 0 Å². The van der Waals surface area contributed by atoms with Crippen molar-refractivity contribution in [2.45, 2.75) is 129 Å². The third-order valence-corrected chi connectivity index (χ3v) is 11.0. The minimum Gasteiger partial charge on any atom is -0.457 e. The lowest BCUT2D eigenvalue weighted by Gasteiger charge is -2.47. The molecule has 0 saturated carbocycles. The van der Waals surface area contributed by atoms with E-state index in [1.165, 1.54) is 14.0 Å². The highest BCUT2D eigenvalue weighted by Gasteiger charge is 2.58. The molecule has 4 heterocycles. The number of ether oxygens (including phenoxy) is 6. The zero-order valence-corrected chi connectivity index (χ0v) is 32.9. The largest absolute Gasteiger partial charge is 0.509 e. The number of pyridine rings is 1. The number of aliphatic hydroxyl groups is 1. The Morgan fingerprint density at radius 2 is 1.79 bits per heavy atom. The number of carbonyl (C=O) groups excluding carboxylic acids is 3. The smallest absolute Gasteiger partial charge is 0.457 e. The highest BCUT2D eigenvalue weighted by Crippen LogP contribution is 2.42. The highest BCUT2D eigenvalue weighted by molar-refractivity contribution is 6.00. The van der Waals surface area contributed by atoms with E-state index in [0.29, 0.717) is 17.8 Å². The van der Waals surface area contributed by atoms with Crippen molar-refractivity contribution in [3.8, 4) is 11.8 Å². The Kier molecular flexibility index (Phi) is 14.1. The Morgan fingerprint density at radius 1 is 1.08 bits per heavy atom. The molecular weight excluding hydrogens is 686 g/mol. The first-order chi connectivity index (χ1) is 25.0. The SMILES string of the molecule is CC[C@H]1OC(=O)[C@H](C)C(=O)[C@H](C)[C@@H](O[C@@H]2O[C@H](C)C[C@H](N(C)C)[C@H]2O)[C@](C)(OC)C[C@@H](C)/C(=N\OCC#Cc2ccccn2)[C@H](C)[C@H]2OC(=O)O[C@@]21C. The van der Waals surface area contributed by atoms with E-state index in [4.69, 9.17) is 33.3 Å². The molecule has 0 amide bonds. The van der Waals surface area contributed by atoms with Gasteiger partial charge in [-0.15, -0.1) is 0 Å². The van der Waals surface area contributed by atoms with Gasteiger partial charge in [0.15, 0.2) is 30.4 Å². The first-order valence-electron chi connectivity index (χ1n) is 18.4. The molecule has 14 heteroatoms. The Labute approximate surface area is 313 Å². The molecule has 13 atom stereocenters. The summed E-state index contributed by atoms with van der Waals surface area (Å²) in [5, 5.41) is 16.0. The predicted octanol–water partition coefficient (Wildman–Crippen LogP) is 4.16. The van der Waals surface area contributed by atoms with E-state index in [1.54, 1.807) is 39.1 Å². The lowest BCUT2D eigenvalue weighted by atomic mass is 9.74. The molecule has 0 bridgehead atoms. The van der Waals surface area contributed by atoms with Gasteiger partial charge in [0.1, 0.15) is 23.8 Å². The number of nitrogens with zero attached hydrogens (tertiary/aromatic N) is 3. The zero-order valence-electron chi connectivity index (χ0n) is 32.9. The molecule has 3 saturated heterocycles. The fraction of sp³-hybridized carbons (Fsp3) is 0.718. The normalized spacial score (nSPS) is 39.2. The average Bonchev–Trinajstić information content (AvgIpc) is 3.44. The lowest BCUT2D eigenvalue weighted by Crippen LogP contribution is -2.59. The van der Waals surface area contributed by atoms with Crippen LogP contribution in [0.1, 0.15) is 80.3 Å². The number of aliphatic hydroxyl groups excluding tert-OH is 1. The van der Waals surface area contributed by atoms with Gasteiger partial charge in [-0.25, -0.2) is 9.78 Å². The van der Waals surface area contributed by atoms with Crippen molar-refractivity contribution in [3.05, 3.63) is 30.1 Å². The van der Waals surface area contributed by atoms with E-state index in [1.807, 2.05) is 52.8 Å². The van der Waals surface area contributed by atoms with E-state index in [-0.39, 0.29) is 31.6 Å². The summed E-state index contributed by atoms with van der Waals surface area (Å²) in [7, 11) is 5.27. The molecule has 14 nitrogen and oxygen atoms in total. The van der Waals surface area contributed by atoms with Gasteiger partial charge < -0.3 is 43.3 Å². The lowest BCUT2D eigenvalue weighted by molar-refractivity contribution is -0.295. The molecule has 0 radical (unpaired) electrons. The number of hydrogen-bond acceptors (Lipinski definition) is 14. The quantitative estimate of drug-likeness (QED) is 0.139. The highest BCUT2D eigenvalue weighted by atomic mass is 16.8. The number of cyclic esters (lactones) is 1. The van der Waals surface area contributed by atoms with Gasteiger partial charge in [-0.3, -0.25) is 9.59 Å². The summed E-state index contributed by atoms with van der Waals surface area (Å²) in [6.07, 6.45) is -3.55. The van der Waals surface area contributed by atoms with Gasteiger partial charge in [0, 0.05) is 37.1 Å². The molecule has 4 rings (SSSR count). The minimum absolute atomic E-state index is 0.0637. The maximum absolute atomic E-state index is 14.2. The minimum atomic E-state index is -1.43. The molecular formula is C39H57N3O11. The summed E-state index contributed by atoms with van der Waals surface area (Å²) in [6, 6.07) is 5.14. The second kappa shape index (κ2) is 17.7. The van der Waals surface area contributed by atoms with E-state index in [2.05, 4.69) is 22.0 Å². The number of aromatic nitrogens is 1. The Balaban J connectivity index is 1.80. The van der Waals surface area contributed by atoms with Crippen LogP contribution in [0.5, 0.6) is 0 Å². The summed E-state index contributed by atoms with van der Waals surface area (Å²) >= 11 is 0. The van der Waals surface area contributed by atoms with Crippen molar-refractivity contribution < 1.29 is 52.7 Å². The third-order valence-electron chi connectivity index (χ3n) is 11.0. The molecule has 0 unspecified atom stereocenters. The Hall–Kier alpha value is -3.61. The number of fused-ring (bicyclic) bond motifs is 1. The number of carbonyl (C=O) groups is 3. The van der Waals surface area contributed by atoms with Crippen LogP contribution in [0.2, 0.25) is 0 Å². The van der Waals surface area contributed by atoms with E-state index >= 15 is 0 Å². The van der Waals surface area contributed by atoms with Gasteiger partial charge in [-0.2, -0.15) is 0 Å². The molecule has 0 aromatic carbocycles. The molecule has 0 aliphatic carbocycles. The van der Waals surface area contributed by atoms with Crippen LogP contribution in [-0.4, -0.2) is 120 Å². The second-order valence-electron chi connectivity index (χ2n) is 15.2. The Morgan fingerprint density at radius 3 is 2.42 bits per heavy atom. The van der Waals surface area contributed by atoms with Crippen LogP contribution in [0.15, 0.2) is 29.6 Å². The average molecular weight is 744 g/mol. The van der Waals surface area contributed by atoms with Crippen molar-refractivity contribution in [1.82, 2.24) is 9.88 Å². The van der Waals surface area contributed by atoms with Gasteiger partial charge in [0.25, 0.3) is 0 Å². The first-order valence-corrected chi connectivity index (χ1v) is 18.4. The maximum Gasteiger partial charge on any atom is 0.509 e. The number of likely N-dealkylation sites (N-methyl/N-ethyl adjacent to an activating group) is 1. The van der Waals surface area contributed by atoms with Crippen molar-refractivity contribution in [2.75, 3.05) is 27.8 Å². The third kappa shape index (κ3) is 9.38. The number of methoxy groups -OCH3 is 1. The van der Waals surface area contributed by atoms with Crippen LogP contribution in [-0.2, 0) is 42.8 Å². The fourth-order valence-electron chi connectivity index (χ4n) is 7.93. The summed E-state index contributed by atoms with van der Waals surface area (Å²) in [4.78, 5) is 52.7. The van der Waals surface area contributed by atoms with Gasteiger partial charge in [0.2, 0.25) is 0 Å². The Bertz CT molecular complexity index is 1530. The number of ketones is 1. The molecule has 0 spiro atoms. The summed E-state index contributed by atoms with van der Waals surface area (Å²) in [5.74, 6) is 1.40. The molecule has 294 valence electrons. The van der Waals surface area contributed by atoms with E-state index < -0.39 is 83.5 Å².